The lowest BCUT2D eigenvalue weighted by molar-refractivity contribution is -0.0177. The van der Waals surface area contributed by atoms with E-state index in [1.807, 2.05) is 0 Å². The maximum absolute atomic E-state index is 8.69. The van der Waals surface area contributed by atoms with Gasteiger partial charge in [-0.1, -0.05) is 0 Å². The Labute approximate surface area is 55.3 Å². The van der Waals surface area contributed by atoms with Gasteiger partial charge in [-0.15, -0.1) is 0 Å². The highest BCUT2D eigenvalue weighted by Gasteiger charge is 2.00. The highest BCUT2D eigenvalue weighted by molar-refractivity contribution is 4.47. The Morgan fingerprint density at radius 2 is 2.00 bits per heavy atom. The third-order valence-corrected chi connectivity index (χ3v) is 0.879. The van der Waals surface area contributed by atoms with Crippen molar-refractivity contribution >= 4 is 0 Å². The van der Waals surface area contributed by atoms with E-state index in [2.05, 4.69) is 0 Å². The van der Waals surface area contributed by atoms with Crippen LogP contribution in [0.25, 0.3) is 0 Å². The molecule has 0 aliphatic carbocycles. The normalized spacial score (nSPS) is 17.3. The van der Waals surface area contributed by atoms with Gasteiger partial charge >= 0.3 is 0 Å². The Morgan fingerprint density at radius 3 is 2.33 bits per heavy atom. The van der Waals surface area contributed by atoms with Crippen molar-refractivity contribution in [3.05, 3.63) is 0 Å². The summed E-state index contributed by atoms with van der Waals surface area (Å²) in [5.74, 6) is 0. The van der Waals surface area contributed by atoms with E-state index < -0.39 is 6.10 Å². The Balaban J connectivity index is 3.06. The zero-order valence-electron chi connectivity index (χ0n) is 5.87. The quantitative estimate of drug-likeness (QED) is 0.558. The molecule has 0 aromatic heterocycles. The number of hydrogen-bond donors (Lipinski definition) is 2. The molecule has 0 saturated heterocycles. The summed E-state index contributed by atoms with van der Waals surface area (Å²) in [6.07, 6.45) is -0.612. The average molecular weight is 134 g/mol. The van der Waals surface area contributed by atoms with E-state index in [1.54, 1.807) is 13.8 Å². The number of rotatable bonds is 4. The van der Waals surface area contributed by atoms with Crippen LogP contribution < -0.4 is 0 Å². The predicted molar refractivity (Wildman–Crippen MR) is 34.2 cm³/mol. The summed E-state index contributed by atoms with van der Waals surface area (Å²) in [5.41, 5.74) is 0. The van der Waals surface area contributed by atoms with Crippen LogP contribution in [-0.4, -0.2) is 35.6 Å². The van der Waals surface area contributed by atoms with Gasteiger partial charge in [0.25, 0.3) is 0 Å². The molecule has 0 aliphatic rings. The van der Waals surface area contributed by atoms with E-state index >= 15 is 0 Å². The molecule has 2 N–H and O–H groups in total. The molecule has 56 valence electrons. The average Bonchev–Trinajstić information content (AvgIpc) is 1.83. The molecule has 0 rings (SSSR count). The molecule has 0 radical (unpaired) electrons. The smallest absolute Gasteiger partial charge is 0.0779 e. The minimum Gasteiger partial charge on any atom is -0.394 e. The standard InChI is InChI=1S/C6H14O3/c1-5(8)4-9-6(2)3-7/h5-8H,3-4H2,1-2H3. The van der Waals surface area contributed by atoms with Crippen molar-refractivity contribution in [3.8, 4) is 0 Å². The van der Waals surface area contributed by atoms with Gasteiger partial charge in [0.1, 0.15) is 0 Å². The van der Waals surface area contributed by atoms with Crippen LogP contribution in [0.3, 0.4) is 0 Å². The summed E-state index contributed by atoms with van der Waals surface area (Å²) in [4.78, 5) is 0. The van der Waals surface area contributed by atoms with E-state index in [4.69, 9.17) is 14.9 Å². The van der Waals surface area contributed by atoms with Crippen molar-refractivity contribution in [3.63, 3.8) is 0 Å². The third-order valence-electron chi connectivity index (χ3n) is 0.879. The Bertz CT molecular complexity index is 63.3. The fraction of sp³-hybridized carbons (Fsp3) is 1.00. The minimum atomic E-state index is -0.445. The molecule has 0 heterocycles. The van der Waals surface area contributed by atoms with Crippen LogP contribution in [0.1, 0.15) is 13.8 Å². The van der Waals surface area contributed by atoms with Crippen molar-refractivity contribution in [2.45, 2.75) is 26.1 Å². The topological polar surface area (TPSA) is 49.7 Å². The molecule has 2 atom stereocenters. The molecule has 0 aromatic carbocycles. The molecule has 2 unspecified atom stereocenters. The van der Waals surface area contributed by atoms with Crippen LogP contribution in [0.4, 0.5) is 0 Å². The molecule has 0 bridgehead atoms. The van der Waals surface area contributed by atoms with Gasteiger partial charge in [0.2, 0.25) is 0 Å². The van der Waals surface area contributed by atoms with Crippen LogP contribution in [-0.2, 0) is 4.74 Å². The van der Waals surface area contributed by atoms with Gasteiger partial charge in [0, 0.05) is 0 Å². The fourth-order valence-corrected chi connectivity index (χ4v) is 0.356. The van der Waals surface area contributed by atoms with E-state index in [0.29, 0.717) is 6.61 Å². The van der Waals surface area contributed by atoms with E-state index in [1.165, 1.54) is 0 Å². The molecular formula is C6H14O3. The monoisotopic (exact) mass is 134 g/mol. The van der Waals surface area contributed by atoms with Gasteiger partial charge in [-0.25, -0.2) is 0 Å². The summed E-state index contributed by atoms with van der Waals surface area (Å²) < 4.78 is 4.95. The first-order valence-corrected chi connectivity index (χ1v) is 3.07. The van der Waals surface area contributed by atoms with Crippen molar-refractivity contribution < 1.29 is 14.9 Å². The van der Waals surface area contributed by atoms with Crippen molar-refractivity contribution in [1.29, 1.82) is 0 Å². The first kappa shape index (κ1) is 8.88. The SMILES string of the molecule is CC(O)COC(C)CO. The lowest BCUT2D eigenvalue weighted by Gasteiger charge is -2.10. The molecule has 0 aromatic rings. The van der Waals surface area contributed by atoms with Crippen molar-refractivity contribution in [2.24, 2.45) is 0 Å². The van der Waals surface area contributed by atoms with Gasteiger partial charge in [-0.05, 0) is 13.8 Å². The second kappa shape index (κ2) is 4.73. The van der Waals surface area contributed by atoms with Crippen molar-refractivity contribution in [1.82, 2.24) is 0 Å². The number of aliphatic hydroxyl groups excluding tert-OH is 2. The number of aliphatic hydroxyl groups is 2. The summed E-state index contributed by atoms with van der Waals surface area (Å²) in [5, 5.41) is 17.1. The Hall–Kier alpha value is -0.120. The van der Waals surface area contributed by atoms with Crippen LogP contribution in [0.15, 0.2) is 0 Å². The molecule has 9 heavy (non-hydrogen) atoms. The maximum atomic E-state index is 8.69. The van der Waals surface area contributed by atoms with Crippen LogP contribution in [0.5, 0.6) is 0 Å². The largest absolute Gasteiger partial charge is 0.394 e. The molecule has 3 heteroatoms. The summed E-state index contributed by atoms with van der Waals surface area (Å²) in [7, 11) is 0. The molecule has 0 amide bonds. The summed E-state index contributed by atoms with van der Waals surface area (Å²) >= 11 is 0. The Morgan fingerprint density at radius 1 is 1.44 bits per heavy atom. The molecular weight excluding hydrogens is 120 g/mol. The van der Waals surface area contributed by atoms with E-state index in [9.17, 15) is 0 Å². The van der Waals surface area contributed by atoms with Gasteiger partial charge < -0.3 is 14.9 Å². The second-order valence-corrected chi connectivity index (χ2v) is 2.18. The first-order chi connectivity index (χ1) is 4.16. The third kappa shape index (κ3) is 5.76. The van der Waals surface area contributed by atoms with Gasteiger partial charge in [-0.2, -0.15) is 0 Å². The maximum Gasteiger partial charge on any atom is 0.0779 e. The lowest BCUT2D eigenvalue weighted by atomic mass is 10.4. The fourth-order valence-electron chi connectivity index (χ4n) is 0.356. The van der Waals surface area contributed by atoms with E-state index in [-0.39, 0.29) is 12.7 Å². The predicted octanol–water partition coefficient (Wildman–Crippen LogP) is -0.235. The molecule has 0 aliphatic heterocycles. The van der Waals surface area contributed by atoms with Gasteiger partial charge in [0.05, 0.1) is 25.4 Å². The Kier molecular flexibility index (Phi) is 4.67. The van der Waals surface area contributed by atoms with E-state index in [0.717, 1.165) is 0 Å². The molecule has 0 saturated carbocycles. The summed E-state index contributed by atoms with van der Waals surface area (Å²) in [6, 6.07) is 0. The van der Waals surface area contributed by atoms with Crippen LogP contribution in [0.2, 0.25) is 0 Å². The zero-order chi connectivity index (χ0) is 7.28. The second-order valence-electron chi connectivity index (χ2n) is 2.18. The summed E-state index contributed by atoms with van der Waals surface area (Å²) in [6.45, 7) is 3.70. The lowest BCUT2D eigenvalue weighted by Crippen LogP contribution is -2.19. The zero-order valence-corrected chi connectivity index (χ0v) is 5.87. The number of hydrogen-bond acceptors (Lipinski definition) is 3. The van der Waals surface area contributed by atoms with Gasteiger partial charge in [-0.3, -0.25) is 0 Å². The van der Waals surface area contributed by atoms with Crippen molar-refractivity contribution in [2.75, 3.05) is 13.2 Å². The van der Waals surface area contributed by atoms with Gasteiger partial charge in [0.15, 0.2) is 0 Å². The molecule has 3 nitrogen and oxygen atoms in total. The molecule has 0 fully saturated rings. The minimum absolute atomic E-state index is 0.00667. The molecule has 0 spiro atoms. The van der Waals surface area contributed by atoms with Crippen LogP contribution in [0, 0.1) is 0 Å². The highest BCUT2D eigenvalue weighted by Crippen LogP contribution is 1.90. The van der Waals surface area contributed by atoms with Crippen LogP contribution >= 0.6 is 0 Å². The first-order valence-electron chi connectivity index (χ1n) is 3.07. The number of ether oxygens (including phenoxy) is 1. The highest BCUT2D eigenvalue weighted by atomic mass is 16.5.